The fourth-order valence-electron chi connectivity index (χ4n) is 4.71. The normalized spacial score (nSPS) is 13.8. The fourth-order valence-corrected chi connectivity index (χ4v) is 4.71. The number of carbonyl (C=O) groups excluding carboxylic acids is 2. The van der Waals surface area contributed by atoms with Crippen LogP contribution < -0.4 is 0 Å². The molecule has 5 rings (SSSR count). The minimum Gasteiger partial charge on any atom is -0.507 e. The summed E-state index contributed by atoms with van der Waals surface area (Å²) in [6.07, 6.45) is 0. The van der Waals surface area contributed by atoms with Crippen molar-refractivity contribution in [3.05, 3.63) is 149 Å². The first-order chi connectivity index (χ1) is 15.7. The summed E-state index contributed by atoms with van der Waals surface area (Å²) >= 11 is 0. The molecular formula is C29H20O3. The van der Waals surface area contributed by atoms with E-state index in [9.17, 15) is 14.7 Å². The molecule has 4 aromatic rings. The Labute approximate surface area is 186 Å². The molecule has 1 aliphatic rings. The van der Waals surface area contributed by atoms with E-state index in [1.807, 2.05) is 91.0 Å². The van der Waals surface area contributed by atoms with Crippen LogP contribution in [0.25, 0.3) is 5.76 Å². The van der Waals surface area contributed by atoms with Crippen LogP contribution in [0.3, 0.4) is 0 Å². The van der Waals surface area contributed by atoms with E-state index in [0.29, 0.717) is 5.56 Å². The molecule has 0 fully saturated rings. The van der Waals surface area contributed by atoms with Crippen molar-refractivity contribution in [3.63, 3.8) is 0 Å². The second-order valence-electron chi connectivity index (χ2n) is 7.78. The number of fused-ring (bicyclic) bond motifs is 1. The molecule has 32 heavy (non-hydrogen) atoms. The van der Waals surface area contributed by atoms with Crippen LogP contribution in [0.5, 0.6) is 0 Å². The number of ketones is 2. The van der Waals surface area contributed by atoms with Crippen molar-refractivity contribution in [1.29, 1.82) is 0 Å². The van der Waals surface area contributed by atoms with Crippen LogP contribution >= 0.6 is 0 Å². The number of hydrogen-bond donors (Lipinski definition) is 1. The van der Waals surface area contributed by atoms with Crippen LogP contribution in [0.4, 0.5) is 0 Å². The highest BCUT2D eigenvalue weighted by molar-refractivity contribution is 6.53. The lowest BCUT2D eigenvalue weighted by Gasteiger charge is -2.39. The highest BCUT2D eigenvalue weighted by atomic mass is 16.3. The summed E-state index contributed by atoms with van der Waals surface area (Å²) in [6.45, 7) is 0. The number of aliphatic hydroxyl groups excluding tert-OH is 1. The van der Waals surface area contributed by atoms with Crippen LogP contribution in [0.15, 0.2) is 121 Å². The maximum atomic E-state index is 13.7. The van der Waals surface area contributed by atoms with Crippen LogP contribution in [0.2, 0.25) is 0 Å². The monoisotopic (exact) mass is 416 g/mol. The third-order valence-electron chi connectivity index (χ3n) is 6.09. The fraction of sp³-hybridized carbons (Fsp3) is 0.0345. The topological polar surface area (TPSA) is 54.4 Å². The molecule has 0 heterocycles. The van der Waals surface area contributed by atoms with Crippen molar-refractivity contribution in [3.8, 4) is 0 Å². The summed E-state index contributed by atoms with van der Waals surface area (Å²) in [5.41, 5.74) is 1.87. The highest BCUT2D eigenvalue weighted by Crippen LogP contribution is 2.49. The highest BCUT2D eigenvalue weighted by Gasteiger charge is 2.49. The molecule has 0 aliphatic heterocycles. The van der Waals surface area contributed by atoms with Crippen molar-refractivity contribution in [2.24, 2.45) is 0 Å². The summed E-state index contributed by atoms with van der Waals surface area (Å²) in [5.74, 6) is -1.47. The molecule has 4 aromatic carbocycles. The summed E-state index contributed by atoms with van der Waals surface area (Å²) in [6, 6.07) is 35.4. The third kappa shape index (κ3) is 2.83. The lowest BCUT2D eigenvalue weighted by Crippen LogP contribution is -2.40. The Hall–Kier alpha value is -4.24. The van der Waals surface area contributed by atoms with Gasteiger partial charge >= 0.3 is 0 Å². The molecule has 0 spiro atoms. The molecule has 3 nitrogen and oxygen atoms in total. The van der Waals surface area contributed by atoms with Crippen molar-refractivity contribution in [1.82, 2.24) is 0 Å². The Kier molecular flexibility index (Phi) is 4.79. The molecule has 0 unspecified atom stereocenters. The third-order valence-corrected chi connectivity index (χ3v) is 6.09. The van der Waals surface area contributed by atoms with Gasteiger partial charge in [0.2, 0.25) is 11.6 Å². The molecule has 0 radical (unpaired) electrons. The molecule has 1 N–H and O–H groups in total. The quantitative estimate of drug-likeness (QED) is 0.340. The van der Waals surface area contributed by atoms with Gasteiger partial charge in [0, 0.05) is 11.1 Å². The first kappa shape index (κ1) is 19.7. The summed E-state index contributed by atoms with van der Waals surface area (Å²) in [4.78, 5) is 26.9. The van der Waals surface area contributed by atoms with Gasteiger partial charge in [-0.2, -0.15) is 0 Å². The van der Waals surface area contributed by atoms with Crippen molar-refractivity contribution in [2.75, 3.05) is 0 Å². The maximum Gasteiger partial charge on any atom is 0.234 e. The second kappa shape index (κ2) is 7.78. The van der Waals surface area contributed by atoms with E-state index in [-0.39, 0.29) is 16.9 Å². The summed E-state index contributed by atoms with van der Waals surface area (Å²) in [7, 11) is 0. The number of allylic oxidation sites excluding steroid dienone is 1. The number of carbonyl (C=O) groups is 2. The number of aliphatic hydroxyl groups is 1. The van der Waals surface area contributed by atoms with Gasteiger partial charge in [-0.25, -0.2) is 0 Å². The Balaban J connectivity index is 1.98. The Bertz CT molecular complexity index is 1240. The minimum atomic E-state index is -1.17. The number of rotatable bonds is 4. The summed E-state index contributed by atoms with van der Waals surface area (Å²) < 4.78 is 0. The molecule has 0 aromatic heterocycles. The van der Waals surface area contributed by atoms with Crippen LogP contribution in [0.1, 0.15) is 32.6 Å². The Morgan fingerprint density at radius 3 is 1.28 bits per heavy atom. The van der Waals surface area contributed by atoms with Crippen LogP contribution in [-0.2, 0) is 10.2 Å². The van der Waals surface area contributed by atoms with Crippen molar-refractivity contribution in [2.45, 2.75) is 5.41 Å². The molecule has 0 atom stereocenters. The van der Waals surface area contributed by atoms with E-state index in [0.717, 1.165) is 16.7 Å². The largest absolute Gasteiger partial charge is 0.507 e. The maximum absolute atomic E-state index is 13.7. The van der Waals surface area contributed by atoms with Gasteiger partial charge in [-0.1, -0.05) is 115 Å². The second-order valence-corrected chi connectivity index (χ2v) is 7.78. The van der Waals surface area contributed by atoms with Gasteiger partial charge < -0.3 is 5.11 Å². The van der Waals surface area contributed by atoms with E-state index < -0.39 is 17.0 Å². The summed E-state index contributed by atoms with van der Waals surface area (Å²) in [5, 5.41) is 11.5. The minimum absolute atomic E-state index is 0.0739. The van der Waals surface area contributed by atoms with Gasteiger partial charge in [0.1, 0.15) is 5.76 Å². The standard InChI is InChI=1S/C29H20O3/c30-26-23-18-10-11-19-24(23)27(31)28(32)25(26)29(20-12-4-1-5-13-20,21-14-6-2-7-15-21)22-16-8-3-9-17-22/h1-19,30H. The van der Waals surface area contributed by atoms with Gasteiger partial charge in [-0.05, 0) is 16.7 Å². The lowest BCUT2D eigenvalue weighted by atomic mass is 9.61. The average Bonchev–Trinajstić information content (AvgIpc) is 2.87. The van der Waals surface area contributed by atoms with Crippen molar-refractivity contribution < 1.29 is 14.7 Å². The number of Topliss-reactive ketones (excluding diaryl/α,β-unsaturated/α-hetero) is 2. The predicted octanol–water partition coefficient (Wildman–Crippen LogP) is 5.76. The van der Waals surface area contributed by atoms with E-state index in [2.05, 4.69) is 0 Å². The average molecular weight is 416 g/mol. The smallest absolute Gasteiger partial charge is 0.234 e. The molecular weight excluding hydrogens is 396 g/mol. The predicted molar refractivity (Wildman–Crippen MR) is 125 cm³/mol. The molecule has 0 amide bonds. The first-order valence-electron chi connectivity index (χ1n) is 10.4. The lowest BCUT2D eigenvalue weighted by molar-refractivity contribution is -0.112. The van der Waals surface area contributed by atoms with E-state index in [4.69, 9.17) is 0 Å². The number of hydrogen-bond acceptors (Lipinski definition) is 3. The van der Waals surface area contributed by atoms with E-state index in [1.165, 1.54) is 0 Å². The number of benzene rings is 4. The Morgan fingerprint density at radius 2 is 0.844 bits per heavy atom. The first-order valence-corrected chi connectivity index (χ1v) is 10.4. The molecule has 1 aliphatic carbocycles. The van der Waals surface area contributed by atoms with Gasteiger partial charge in [0.05, 0.1) is 11.0 Å². The SMILES string of the molecule is O=C1C(=O)c2ccccc2C(O)=C1C(c1ccccc1)(c1ccccc1)c1ccccc1. The molecule has 0 bridgehead atoms. The van der Waals surface area contributed by atoms with Crippen LogP contribution in [-0.4, -0.2) is 16.7 Å². The molecule has 0 saturated carbocycles. The Morgan fingerprint density at radius 1 is 0.469 bits per heavy atom. The van der Waals surface area contributed by atoms with Crippen molar-refractivity contribution >= 4 is 17.3 Å². The van der Waals surface area contributed by atoms with Gasteiger partial charge in [-0.15, -0.1) is 0 Å². The van der Waals surface area contributed by atoms with E-state index in [1.54, 1.807) is 24.3 Å². The van der Waals surface area contributed by atoms with Crippen LogP contribution in [0, 0.1) is 0 Å². The zero-order chi connectivity index (χ0) is 22.1. The molecule has 3 heteroatoms. The molecule has 154 valence electrons. The van der Waals surface area contributed by atoms with Gasteiger partial charge in [0.15, 0.2) is 0 Å². The van der Waals surface area contributed by atoms with Gasteiger partial charge in [0.25, 0.3) is 0 Å². The van der Waals surface area contributed by atoms with Gasteiger partial charge in [-0.3, -0.25) is 9.59 Å². The molecule has 0 saturated heterocycles. The zero-order valence-corrected chi connectivity index (χ0v) is 17.2. The zero-order valence-electron chi connectivity index (χ0n) is 17.2. The van der Waals surface area contributed by atoms with E-state index >= 15 is 0 Å².